The summed E-state index contributed by atoms with van der Waals surface area (Å²) in [5.41, 5.74) is 7.32. The van der Waals surface area contributed by atoms with E-state index in [1.165, 1.54) is 0 Å². The van der Waals surface area contributed by atoms with Crippen LogP contribution >= 0.6 is 59.4 Å². The summed E-state index contributed by atoms with van der Waals surface area (Å²) >= 11 is 16.1. The summed E-state index contributed by atoms with van der Waals surface area (Å²) < 4.78 is 46.2. The van der Waals surface area contributed by atoms with Crippen LogP contribution in [0.25, 0.3) is 32.7 Å². The Morgan fingerprint density at radius 1 is 0.424 bits per heavy atom. The molecule has 0 bridgehead atoms. The molecule has 0 aliphatic rings. The number of aromatic hydroxyl groups is 1. The van der Waals surface area contributed by atoms with Gasteiger partial charge in [-0.1, -0.05) is 66.2 Å². The Hall–Kier alpha value is -8.88. The molecule has 4 N–H and O–H groups in total. The maximum Gasteiger partial charge on any atom is 1.00 e. The number of anilines is 6. The van der Waals surface area contributed by atoms with Gasteiger partial charge in [-0.25, -0.2) is 15.0 Å². The Morgan fingerprint density at radius 2 is 0.837 bits per heavy atom. The number of rotatable bonds is 16. The average molecular weight is 1460 g/mol. The number of pyridine rings is 3. The molecule has 0 radical (unpaired) electrons. The zero-order valence-corrected chi connectivity index (χ0v) is 58.9. The minimum atomic E-state index is 0. The van der Waals surface area contributed by atoms with Gasteiger partial charge in [0.05, 0.1) is 68.5 Å². The number of nitrogens with one attached hydrogen (secondary N) is 3. The first-order chi connectivity index (χ1) is 44.1. The molecule has 0 atom stereocenters. The minimum absolute atomic E-state index is 0. The molecule has 12 rings (SSSR count). The zero-order valence-electron chi connectivity index (χ0n) is 52.3. The standard InChI is InChI=1S/2C22H19BrN4O3.C13H13BrClN3O2.C9H7NO.Na.H/c1-13-10-15(11-18(28-2)20(13)29-3)26-22-25-12-16(23)21(27-22)30-17-8-4-6-14-7-5-9-24-19(14)17;1-13-10-15(11-18(28-2)20(13)29-3)26-21-16(23)12-25-22(27-21)30-17-8-4-6-14-7-5-9-24-19(14)17;1-7-4-8(5-10(19-2)11(7)20-3)17-13-16-6-9(14)12(15)18-13;11-8-5-1-3-7-4-2-6-10-9(7)8;;/h2*4-12H,1-3H3,(H,25,26,27);4-6H,1-3H3,(H,16,17,18);1-6,11H;;/q;;;;+1;-1. The van der Waals surface area contributed by atoms with Gasteiger partial charge in [0.25, 0.3) is 0 Å². The van der Waals surface area contributed by atoms with Crippen LogP contribution in [0.1, 0.15) is 18.1 Å². The van der Waals surface area contributed by atoms with Crippen molar-refractivity contribution in [2.24, 2.45) is 0 Å². The molecule has 26 heteroatoms. The SMILES string of the molecule is COc1cc(Nc2nc(Oc3cccc4cccnc34)ncc2Br)cc(C)c1OC.COc1cc(Nc2ncc(Br)c(Cl)n2)cc(C)c1OC.COc1cc(Nc2ncc(Br)c(Oc3cccc4cccnc34)n2)cc(C)c1OC.Oc1cccc2cccnc12.[H-].[Na+]. The summed E-state index contributed by atoms with van der Waals surface area (Å²) in [7, 11) is 9.63. The molecule has 0 amide bonds. The number of para-hydroxylation sites is 3. The number of phenols is 1. The molecule has 92 heavy (non-hydrogen) atoms. The van der Waals surface area contributed by atoms with Gasteiger partial charge >= 0.3 is 35.6 Å². The van der Waals surface area contributed by atoms with E-state index in [0.29, 0.717) is 93.7 Å². The number of nitrogens with zero attached hydrogens (tertiary/aromatic N) is 9. The molecule has 21 nitrogen and oxygen atoms in total. The van der Waals surface area contributed by atoms with Crippen molar-refractivity contribution in [1.82, 2.24) is 44.9 Å². The van der Waals surface area contributed by atoms with E-state index >= 15 is 0 Å². The predicted octanol–water partition coefficient (Wildman–Crippen LogP) is 14.3. The van der Waals surface area contributed by atoms with Crippen LogP contribution in [0.5, 0.6) is 63.6 Å². The third-order valence-electron chi connectivity index (χ3n) is 13.1. The maximum atomic E-state index is 9.31. The number of methoxy groups -OCH3 is 6. The fourth-order valence-corrected chi connectivity index (χ4v) is 9.94. The fraction of sp³-hybridized carbons (Fsp3) is 0.136. The third-order valence-corrected chi connectivity index (χ3v) is 15.3. The quantitative estimate of drug-likeness (QED) is 0.0519. The van der Waals surface area contributed by atoms with Crippen molar-refractivity contribution < 1.29 is 74.0 Å². The van der Waals surface area contributed by atoms with E-state index in [2.05, 4.69) is 109 Å². The molecule has 12 aromatic rings. The number of aromatic nitrogens is 9. The second-order valence-electron chi connectivity index (χ2n) is 19.2. The largest absolute Gasteiger partial charge is 1.00 e. The van der Waals surface area contributed by atoms with Crippen LogP contribution in [0, 0.1) is 20.8 Å². The number of hydrogen-bond acceptors (Lipinski definition) is 21. The van der Waals surface area contributed by atoms with E-state index in [1.807, 2.05) is 136 Å². The molecule has 0 aliphatic heterocycles. The first-order valence-electron chi connectivity index (χ1n) is 27.4. The van der Waals surface area contributed by atoms with Crippen molar-refractivity contribution in [3.8, 4) is 63.6 Å². The fourth-order valence-electron chi connectivity index (χ4n) is 9.06. The van der Waals surface area contributed by atoms with Crippen LogP contribution in [-0.2, 0) is 0 Å². The number of benzene rings is 6. The zero-order chi connectivity index (χ0) is 64.6. The third kappa shape index (κ3) is 17.4. The van der Waals surface area contributed by atoms with Crippen molar-refractivity contribution in [3.05, 3.63) is 200 Å². The number of hydrogen-bond donors (Lipinski definition) is 4. The number of phenolic OH excluding ortho intramolecular Hbond substituents is 1. The van der Waals surface area contributed by atoms with Crippen molar-refractivity contribution >= 4 is 127 Å². The molecule has 0 aliphatic carbocycles. The molecular weight excluding hydrogens is 1400 g/mol. The summed E-state index contributed by atoms with van der Waals surface area (Å²) in [4.78, 5) is 38.7. The number of halogens is 4. The Kier molecular flexibility index (Phi) is 24.7. The molecule has 6 aromatic carbocycles. The van der Waals surface area contributed by atoms with Gasteiger partial charge in [-0.3, -0.25) is 15.0 Å². The summed E-state index contributed by atoms with van der Waals surface area (Å²) in [6.45, 7) is 5.82. The van der Waals surface area contributed by atoms with Gasteiger partial charge in [-0.15, -0.1) is 0 Å². The molecule has 0 unspecified atom stereocenters. The molecule has 6 aromatic heterocycles. The van der Waals surface area contributed by atoms with Gasteiger partial charge in [-0.2, -0.15) is 15.0 Å². The number of ether oxygens (including phenoxy) is 8. The molecule has 0 spiro atoms. The van der Waals surface area contributed by atoms with Gasteiger partial charge in [-0.05, 0) is 140 Å². The van der Waals surface area contributed by atoms with Gasteiger partial charge in [0.15, 0.2) is 51.8 Å². The topological polar surface area (TPSA) is 246 Å². The van der Waals surface area contributed by atoms with Gasteiger partial charge in [0.2, 0.25) is 17.8 Å². The van der Waals surface area contributed by atoms with Crippen LogP contribution in [0.15, 0.2) is 178 Å². The van der Waals surface area contributed by atoms with Gasteiger partial charge < -0.3 is 60.4 Å². The molecule has 6 heterocycles. The van der Waals surface area contributed by atoms with E-state index in [1.54, 1.807) is 92.0 Å². The van der Waals surface area contributed by atoms with E-state index in [4.69, 9.17) is 49.5 Å². The molecule has 0 saturated heterocycles. The second kappa shape index (κ2) is 32.9. The van der Waals surface area contributed by atoms with Gasteiger partial charge in [0, 0.05) is 76.2 Å². The maximum absolute atomic E-state index is 9.31. The Bertz CT molecular complexity index is 4540. The first-order valence-corrected chi connectivity index (χ1v) is 30.1. The minimum Gasteiger partial charge on any atom is -1.00 e. The van der Waals surface area contributed by atoms with E-state index < -0.39 is 0 Å². The average Bonchev–Trinajstić information content (AvgIpc) is 1.88. The monoisotopic (exact) mass is 1460 g/mol. The molecular formula is C66H59Br3ClN12NaO9. The first kappa shape index (κ1) is 69.0. The van der Waals surface area contributed by atoms with Crippen molar-refractivity contribution in [2.75, 3.05) is 58.6 Å². The van der Waals surface area contributed by atoms with E-state index in [9.17, 15) is 5.11 Å². The number of fused-ring (bicyclic) bond motifs is 3. The summed E-state index contributed by atoms with van der Waals surface area (Å²) in [6.07, 6.45) is 9.99. The van der Waals surface area contributed by atoms with Crippen LogP contribution in [0.4, 0.5) is 34.8 Å². The smallest absolute Gasteiger partial charge is 1.00 e. The summed E-state index contributed by atoms with van der Waals surface area (Å²) in [5.74, 6) is 7.13. The van der Waals surface area contributed by atoms with Crippen molar-refractivity contribution in [3.63, 3.8) is 0 Å². The van der Waals surface area contributed by atoms with Crippen molar-refractivity contribution in [1.29, 1.82) is 0 Å². The van der Waals surface area contributed by atoms with Crippen LogP contribution in [-0.4, -0.2) is 92.6 Å². The van der Waals surface area contributed by atoms with E-state index in [0.717, 1.165) is 60.9 Å². The predicted molar refractivity (Wildman–Crippen MR) is 365 cm³/mol. The Morgan fingerprint density at radius 3 is 1.30 bits per heavy atom. The van der Waals surface area contributed by atoms with Crippen LogP contribution < -0.4 is 83.4 Å². The molecule has 466 valence electrons. The Balaban J connectivity index is 0.000000183. The van der Waals surface area contributed by atoms with Crippen LogP contribution in [0.3, 0.4) is 0 Å². The van der Waals surface area contributed by atoms with Crippen LogP contribution in [0.2, 0.25) is 5.15 Å². The van der Waals surface area contributed by atoms with E-state index in [-0.39, 0.29) is 42.7 Å². The molecule has 0 fully saturated rings. The van der Waals surface area contributed by atoms with Crippen molar-refractivity contribution in [2.45, 2.75) is 20.8 Å². The normalized spacial score (nSPS) is 10.4. The van der Waals surface area contributed by atoms with Gasteiger partial charge in [0.1, 0.15) is 27.5 Å². The Labute approximate surface area is 583 Å². The second-order valence-corrected chi connectivity index (χ2v) is 22.1. The summed E-state index contributed by atoms with van der Waals surface area (Å²) in [6, 6.07) is 39.8. The molecule has 0 saturated carbocycles. The summed E-state index contributed by atoms with van der Waals surface area (Å²) in [5, 5.41) is 22.1. The number of aryl methyl sites for hydroxylation is 3.